The quantitative estimate of drug-likeness (QED) is 0.624. The Kier molecular flexibility index (Phi) is 8.30. The molecule has 6 nitrogen and oxygen atoms in total. The van der Waals surface area contributed by atoms with E-state index in [9.17, 15) is 31.1 Å². The summed E-state index contributed by atoms with van der Waals surface area (Å²) in [5.41, 5.74) is 0.939. The van der Waals surface area contributed by atoms with Crippen molar-refractivity contribution in [1.29, 1.82) is 0 Å². The number of halogens is 6. The van der Waals surface area contributed by atoms with Gasteiger partial charge in [0.1, 0.15) is 0 Å². The molecule has 0 radical (unpaired) electrons. The number of hydrogen-bond donors (Lipinski definition) is 0. The van der Waals surface area contributed by atoms with E-state index in [1.165, 1.54) is 0 Å². The zero-order chi connectivity index (χ0) is 24.0. The average molecular weight is 468 g/mol. The fourth-order valence-electron chi connectivity index (χ4n) is 4.21. The number of rotatable bonds is 3. The van der Waals surface area contributed by atoms with Crippen molar-refractivity contribution in [2.75, 3.05) is 19.6 Å². The van der Waals surface area contributed by atoms with Gasteiger partial charge in [-0.05, 0) is 37.8 Å². The molecule has 0 unspecified atom stereocenters. The predicted molar refractivity (Wildman–Crippen MR) is 97.0 cm³/mol. The molecule has 1 amide bonds. The monoisotopic (exact) mass is 468 g/mol. The van der Waals surface area contributed by atoms with E-state index < -0.39 is 24.5 Å². The molecule has 2 heterocycles. The van der Waals surface area contributed by atoms with Crippen molar-refractivity contribution < 1.29 is 45.5 Å². The number of hydrogen-bond acceptors (Lipinski definition) is 5. The van der Waals surface area contributed by atoms with Crippen LogP contribution in [-0.4, -0.2) is 65.7 Å². The minimum absolute atomic E-state index is 0.0621. The molecule has 0 atom stereocenters. The second-order valence-electron chi connectivity index (χ2n) is 7.65. The molecular formula is C20H22F6N2O4. The van der Waals surface area contributed by atoms with Gasteiger partial charge >= 0.3 is 24.6 Å². The second kappa shape index (κ2) is 10.4. The van der Waals surface area contributed by atoms with Gasteiger partial charge in [0, 0.05) is 25.2 Å². The Morgan fingerprint density at radius 1 is 0.969 bits per heavy atom. The maximum atomic E-state index is 12.6. The van der Waals surface area contributed by atoms with Gasteiger partial charge in [0.25, 0.3) is 6.10 Å². The molecule has 1 aromatic carbocycles. The number of likely N-dealkylation sites (tertiary alicyclic amines) is 2. The van der Waals surface area contributed by atoms with Gasteiger partial charge < -0.3 is 9.64 Å². The van der Waals surface area contributed by atoms with Crippen LogP contribution in [0.1, 0.15) is 31.2 Å². The Labute approximate surface area is 180 Å². The van der Waals surface area contributed by atoms with E-state index in [-0.39, 0.29) is 24.8 Å². The third kappa shape index (κ3) is 6.46. The molecule has 0 saturated carbocycles. The lowest BCUT2D eigenvalue weighted by molar-refractivity contribution is -0.308. The van der Waals surface area contributed by atoms with Gasteiger partial charge in [-0.25, -0.2) is 4.79 Å². The largest absolute Gasteiger partial charge is 0.434 e. The molecule has 0 aliphatic carbocycles. The standard InChI is InChI=1S/C19H22F6N2O2.CO2/c20-18(21,22)15(19(23,24)25)29-16(28)26-11-8-17(9-12-26)7-4-10-27(17)13-14-5-2-1-3-6-14;2-1-3/h1-3,5-6,15H,4,7-13H2;. The molecule has 2 aliphatic rings. The maximum absolute atomic E-state index is 12.6. The van der Waals surface area contributed by atoms with Crippen LogP contribution in [0.3, 0.4) is 0 Å². The number of benzene rings is 1. The SMILES string of the molecule is O=C(OC(C(F)(F)F)C(F)(F)F)N1CCC2(CCCN2Cc2ccccc2)CC1.O=C=O. The highest BCUT2D eigenvalue weighted by atomic mass is 19.4. The lowest BCUT2D eigenvalue weighted by atomic mass is 9.85. The van der Waals surface area contributed by atoms with Crippen molar-refractivity contribution in [2.24, 2.45) is 0 Å². The fourth-order valence-corrected chi connectivity index (χ4v) is 4.21. The Morgan fingerprint density at radius 2 is 1.50 bits per heavy atom. The number of alkyl halides is 6. The molecular weight excluding hydrogens is 446 g/mol. The number of ether oxygens (including phenoxy) is 1. The minimum Gasteiger partial charge on any atom is -0.426 e. The first kappa shape index (κ1) is 25.7. The fraction of sp³-hybridized carbons (Fsp3) is 0.600. The summed E-state index contributed by atoms with van der Waals surface area (Å²) in [6.07, 6.45) is -14.0. The number of carbonyl (C=O) groups is 1. The highest BCUT2D eigenvalue weighted by Crippen LogP contribution is 2.40. The van der Waals surface area contributed by atoms with Gasteiger partial charge in [-0.15, -0.1) is 0 Å². The van der Waals surface area contributed by atoms with Crippen molar-refractivity contribution >= 4 is 12.2 Å². The molecule has 0 N–H and O–H groups in total. The molecule has 3 rings (SSSR count). The minimum atomic E-state index is -5.71. The lowest BCUT2D eigenvalue weighted by Gasteiger charge is -2.45. The van der Waals surface area contributed by atoms with Crippen LogP contribution in [0.5, 0.6) is 0 Å². The smallest absolute Gasteiger partial charge is 0.426 e. The highest BCUT2D eigenvalue weighted by Gasteiger charge is 2.60. The zero-order valence-corrected chi connectivity index (χ0v) is 16.9. The molecule has 1 spiro atoms. The number of nitrogens with zero attached hydrogens (tertiary/aromatic N) is 2. The van der Waals surface area contributed by atoms with Crippen LogP contribution >= 0.6 is 0 Å². The maximum Gasteiger partial charge on any atom is 0.434 e. The molecule has 2 aliphatic heterocycles. The second-order valence-corrected chi connectivity index (χ2v) is 7.65. The van der Waals surface area contributed by atoms with Crippen LogP contribution in [0.25, 0.3) is 0 Å². The molecule has 0 aromatic heterocycles. The summed E-state index contributed by atoms with van der Waals surface area (Å²) in [6, 6.07) is 9.81. The summed E-state index contributed by atoms with van der Waals surface area (Å²) in [5.74, 6) is 0. The molecule has 12 heteroatoms. The number of amides is 1. The van der Waals surface area contributed by atoms with Gasteiger partial charge in [0.05, 0.1) is 0 Å². The summed E-state index contributed by atoms with van der Waals surface area (Å²) in [6.45, 7) is 1.71. The molecule has 2 fully saturated rings. The first-order valence-electron chi connectivity index (χ1n) is 9.80. The van der Waals surface area contributed by atoms with Crippen LogP contribution in [0.4, 0.5) is 31.1 Å². The van der Waals surface area contributed by atoms with E-state index in [0.29, 0.717) is 12.8 Å². The van der Waals surface area contributed by atoms with Gasteiger partial charge in [0.2, 0.25) is 0 Å². The Balaban J connectivity index is 0.00000114. The van der Waals surface area contributed by atoms with Crippen molar-refractivity contribution in [1.82, 2.24) is 9.80 Å². The molecule has 1 aromatic rings. The molecule has 0 bridgehead atoms. The first-order valence-corrected chi connectivity index (χ1v) is 9.80. The first-order chi connectivity index (χ1) is 14.9. The van der Waals surface area contributed by atoms with E-state index >= 15 is 0 Å². The molecule has 32 heavy (non-hydrogen) atoms. The van der Waals surface area contributed by atoms with Gasteiger partial charge in [-0.1, -0.05) is 30.3 Å². The molecule has 2 saturated heterocycles. The Morgan fingerprint density at radius 3 is 2.00 bits per heavy atom. The summed E-state index contributed by atoms with van der Waals surface area (Å²) in [5, 5.41) is 0. The Hall–Kier alpha value is -2.59. The summed E-state index contributed by atoms with van der Waals surface area (Å²) < 4.78 is 79.5. The molecule has 178 valence electrons. The van der Waals surface area contributed by atoms with Crippen molar-refractivity contribution in [3.05, 3.63) is 35.9 Å². The zero-order valence-electron chi connectivity index (χ0n) is 16.9. The van der Waals surface area contributed by atoms with E-state index in [2.05, 4.69) is 9.64 Å². The third-order valence-electron chi connectivity index (χ3n) is 5.72. The van der Waals surface area contributed by atoms with Crippen LogP contribution in [0.2, 0.25) is 0 Å². The van der Waals surface area contributed by atoms with Crippen molar-refractivity contribution in [3.63, 3.8) is 0 Å². The van der Waals surface area contributed by atoms with Crippen LogP contribution in [-0.2, 0) is 20.9 Å². The van der Waals surface area contributed by atoms with Gasteiger partial charge in [0.15, 0.2) is 0 Å². The van der Waals surface area contributed by atoms with Gasteiger partial charge in [-0.3, -0.25) is 4.90 Å². The van der Waals surface area contributed by atoms with Crippen LogP contribution in [0.15, 0.2) is 30.3 Å². The lowest BCUT2D eigenvalue weighted by Crippen LogP contribution is -2.54. The third-order valence-corrected chi connectivity index (χ3v) is 5.72. The van der Waals surface area contributed by atoms with Crippen molar-refractivity contribution in [3.8, 4) is 0 Å². The van der Waals surface area contributed by atoms with E-state index in [0.717, 1.165) is 36.4 Å². The number of carbonyl (C=O) groups excluding carboxylic acids is 3. The Bertz CT molecular complexity index is 772. The summed E-state index contributed by atoms with van der Waals surface area (Å²) >= 11 is 0. The van der Waals surface area contributed by atoms with Crippen LogP contribution < -0.4 is 0 Å². The normalized spacial score (nSPS) is 18.8. The van der Waals surface area contributed by atoms with Crippen molar-refractivity contribution in [2.45, 2.75) is 56.2 Å². The highest BCUT2D eigenvalue weighted by molar-refractivity contribution is 5.68. The predicted octanol–water partition coefficient (Wildman–Crippen LogP) is 4.16. The van der Waals surface area contributed by atoms with Crippen LogP contribution in [0, 0.1) is 0 Å². The number of piperidine rings is 1. The average Bonchev–Trinajstić information content (AvgIpc) is 3.08. The van der Waals surface area contributed by atoms with E-state index in [4.69, 9.17) is 9.59 Å². The van der Waals surface area contributed by atoms with Gasteiger partial charge in [-0.2, -0.15) is 35.9 Å². The summed E-state index contributed by atoms with van der Waals surface area (Å²) in [7, 11) is 0. The van der Waals surface area contributed by atoms with E-state index in [1.54, 1.807) is 0 Å². The van der Waals surface area contributed by atoms with E-state index in [1.807, 2.05) is 30.3 Å². The summed E-state index contributed by atoms with van der Waals surface area (Å²) in [4.78, 5) is 31.5. The topological polar surface area (TPSA) is 66.9 Å².